The molecule has 3 rings (SSSR count). The van der Waals surface area contributed by atoms with E-state index in [1.54, 1.807) is 7.11 Å². The second-order valence-electron chi connectivity index (χ2n) is 7.45. The van der Waals surface area contributed by atoms with E-state index in [0.717, 1.165) is 34.9 Å². The van der Waals surface area contributed by atoms with Gasteiger partial charge in [0, 0.05) is 10.9 Å². The van der Waals surface area contributed by atoms with Crippen molar-refractivity contribution in [2.75, 3.05) is 12.8 Å². The first kappa shape index (κ1) is 19.7. The Hall–Kier alpha value is -2.01. The van der Waals surface area contributed by atoms with Crippen LogP contribution in [-0.4, -0.2) is 19.1 Å². The summed E-state index contributed by atoms with van der Waals surface area (Å²) < 4.78 is 5.20. The summed E-state index contributed by atoms with van der Waals surface area (Å²) in [6, 6.07) is 10.00. The third-order valence-corrected chi connectivity index (χ3v) is 6.51. The van der Waals surface area contributed by atoms with Crippen molar-refractivity contribution in [3.05, 3.63) is 35.9 Å². The number of benzene rings is 1. The number of nitrogens with two attached hydrogens (primary N) is 1. The predicted octanol–water partition coefficient (Wildman–Crippen LogP) is 5.48. The summed E-state index contributed by atoms with van der Waals surface area (Å²) in [5, 5.41) is 3.81. The Kier molecular flexibility index (Phi) is 6.78. The summed E-state index contributed by atoms with van der Waals surface area (Å²) in [6.45, 7) is 2.25. The molecule has 1 amide bonds. The van der Waals surface area contributed by atoms with Crippen molar-refractivity contribution < 1.29 is 9.53 Å². The van der Waals surface area contributed by atoms with Gasteiger partial charge in [0.15, 0.2) is 0 Å². The van der Waals surface area contributed by atoms with Crippen LogP contribution in [-0.2, 0) is 0 Å². The minimum Gasteiger partial charge on any atom is -0.497 e. The van der Waals surface area contributed by atoms with Crippen molar-refractivity contribution in [3.8, 4) is 16.2 Å². The maximum Gasteiger partial charge on any atom is 0.254 e. The molecule has 1 aromatic heterocycles. The lowest BCUT2D eigenvalue weighted by Gasteiger charge is -2.16. The van der Waals surface area contributed by atoms with E-state index in [1.165, 1.54) is 43.4 Å². The van der Waals surface area contributed by atoms with Crippen LogP contribution in [0, 0.1) is 5.92 Å². The third-order valence-electron chi connectivity index (χ3n) is 5.50. The molecule has 1 unspecified atom stereocenters. The van der Waals surface area contributed by atoms with Gasteiger partial charge < -0.3 is 15.8 Å². The van der Waals surface area contributed by atoms with Crippen molar-refractivity contribution >= 4 is 22.2 Å². The highest BCUT2D eigenvalue weighted by Crippen LogP contribution is 2.34. The first-order chi connectivity index (χ1) is 13.1. The lowest BCUT2D eigenvalue weighted by molar-refractivity contribution is 0.0934. The molecule has 0 aliphatic heterocycles. The van der Waals surface area contributed by atoms with Crippen LogP contribution in [0.1, 0.15) is 62.2 Å². The van der Waals surface area contributed by atoms with E-state index >= 15 is 0 Å². The number of carbonyl (C=O) groups excluding carboxylic acids is 1. The van der Waals surface area contributed by atoms with Crippen molar-refractivity contribution in [2.45, 2.75) is 57.9 Å². The number of nitrogens with one attached hydrogen (secondary N) is 1. The summed E-state index contributed by atoms with van der Waals surface area (Å²) in [5.41, 5.74) is 7.81. The van der Waals surface area contributed by atoms with Gasteiger partial charge in [-0.3, -0.25) is 4.79 Å². The Morgan fingerprint density at radius 1 is 1.22 bits per heavy atom. The average Bonchev–Trinajstić information content (AvgIpc) is 2.94. The molecule has 0 spiro atoms. The van der Waals surface area contributed by atoms with Gasteiger partial charge in [0.2, 0.25) is 0 Å². The van der Waals surface area contributed by atoms with Crippen molar-refractivity contribution in [2.24, 2.45) is 5.92 Å². The molecule has 5 heteroatoms. The SMILES string of the molecule is CCCC1CCC[C@H](NC(=O)c2cc(-c3ccc(OC)cc3)sc2N)CC1. The molecule has 1 aromatic carbocycles. The Balaban J connectivity index is 1.65. The summed E-state index contributed by atoms with van der Waals surface area (Å²) in [5.74, 6) is 1.60. The Labute approximate surface area is 166 Å². The quantitative estimate of drug-likeness (QED) is 0.646. The summed E-state index contributed by atoms with van der Waals surface area (Å²) >= 11 is 1.46. The molecule has 4 nitrogen and oxygen atoms in total. The van der Waals surface area contributed by atoms with Gasteiger partial charge >= 0.3 is 0 Å². The molecule has 2 aromatic rings. The number of amides is 1. The van der Waals surface area contributed by atoms with Crippen molar-refractivity contribution in [3.63, 3.8) is 0 Å². The zero-order valence-electron chi connectivity index (χ0n) is 16.3. The normalized spacial score (nSPS) is 20.1. The smallest absolute Gasteiger partial charge is 0.254 e. The third kappa shape index (κ3) is 5.04. The van der Waals surface area contributed by atoms with Crippen molar-refractivity contribution in [1.29, 1.82) is 0 Å². The van der Waals surface area contributed by atoms with Crippen LogP contribution in [0.3, 0.4) is 0 Å². The molecule has 0 bridgehead atoms. The number of thiophene rings is 1. The van der Waals surface area contributed by atoms with Gasteiger partial charge in [0.1, 0.15) is 5.75 Å². The van der Waals surface area contributed by atoms with E-state index in [1.807, 2.05) is 30.3 Å². The first-order valence-corrected chi connectivity index (χ1v) is 10.8. The average molecular weight is 387 g/mol. The van der Waals surface area contributed by atoms with Gasteiger partial charge in [-0.1, -0.05) is 32.6 Å². The number of hydrogen-bond donors (Lipinski definition) is 2. The van der Waals surface area contributed by atoms with Crippen LogP contribution >= 0.6 is 11.3 Å². The molecular formula is C22H30N2O2S. The number of rotatable bonds is 6. The van der Waals surface area contributed by atoms with Crippen LogP contribution in [0.15, 0.2) is 30.3 Å². The summed E-state index contributed by atoms with van der Waals surface area (Å²) in [6.07, 6.45) is 8.42. The number of anilines is 1. The lowest BCUT2D eigenvalue weighted by atomic mass is 9.95. The van der Waals surface area contributed by atoms with E-state index in [9.17, 15) is 4.79 Å². The van der Waals surface area contributed by atoms with Crippen LogP contribution in [0.4, 0.5) is 5.00 Å². The van der Waals surface area contributed by atoms with E-state index in [4.69, 9.17) is 10.5 Å². The molecule has 1 aliphatic carbocycles. The molecule has 0 radical (unpaired) electrons. The van der Waals surface area contributed by atoms with E-state index in [-0.39, 0.29) is 11.9 Å². The highest BCUT2D eigenvalue weighted by atomic mass is 32.1. The fourth-order valence-electron chi connectivity index (χ4n) is 3.96. The summed E-state index contributed by atoms with van der Waals surface area (Å²) in [4.78, 5) is 13.8. The van der Waals surface area contributed by atoms with Crippen LogP contribution < -0.4 is 15.8 Å². The molecule has 1 aliphatic rings. The van der Waals surface area contributed by atoms with Gasteiger partial charge in [-0.25, -0.2) is 0 Å². The highest BCUT2D eigenvalue weighted by molar-refractivity contribution is 7.19. The fourth-order valence-corrected chi connectivity index (χ4v) is 4.89. The number of methoxy groups -OCH3 is 1. The fraction of sp³-hybridized carbons (Fsp3) is 0.500. The Morgan fingerprint density at radius 2 is 2.00 bits per heavy atom. The largest absolute Gasteiger partial charge is 0.497 e. The Bertz CT molecular complexity index is 754. The monoisotopic (exact) mass is 386 g/mol. The van der Waals surface area contributed by atoms with E-state index < -0.39 is 0 Å². The van der Waals surface area contributed by atoms with Crippen LogP contribution in [0.5, 0.6) is 5.75 Å². The highest BCUT2D eigenvalue weighted by Gasteiger charge is 2.22. The molecule has 1 fully saturated rings. The maximum absolute atomic E-state index is 12.8. The predicted molar refractivity (Wildman–Crippen MR) is 113 cm³/mol. The molecule has 3 N–H and O–H groups in total. The van der Waals surface area contributed by atoms with E-state index in [0.29, 0.717) is 10.6 Å². The molecule has 1 saturated carbocycles. The lowest BCUT2D eigenvalue weighted by Crippen LogP contribution is -2.34. The van der Waals surface area contributed by atoms with Gasteiger partial charge in [0.05, 0.1) is 17.7 Å². The zero-order valence-corrected chi connectivity index (χ0v) is 17.1. The van der Waals surface area contributed by atoms with Gasteiger partial charge in [0.25, 0.3) is 5.91 Å². The molecule has 27 heavy (non-hydrogen) atoms. The number of hydrogen-bond acceptors (Lipinski definition) is 4. The van der Waals surface area contributed by atoms with Gasteiger partial charge in [-0.05, 0) is 61.1 Å². The minimum absolute atomic E-state index is 0.0394. The van der Waals surface area contributed by atoms with Gasteiger partial charge in [-0.2, -0.15) is 0 Å². The minimum atomic E-state index is -0.0394. The Morgan fingerprint density at radius 3 is 2.70 bits per heavy atom. The van der Waals surface area contributed by atoms with Crippen LogP contribution in [0.2, 0.25) is 0 Å². The van der Waals surface area contributed by atoms with Crippen LogP contribution in [0.25, 0.3) is 10.4 Å². The second kappa shape index (κ2) is 9.27. The zero-order chi connectivity index (χ0) is 19.2. The molecular weight excluding hydrogens is 356 g/mol. The first-order valence-electron chi connectivity index (χ1n) is 9.95. The second-order valence-corrected chi connectivity index (χ2v) is 8.53. The number of ether oxygens (including phenoxy) is 1. The van der Waals surface area contributed by atoms with Crippen molar-refractivity contribution in [1.82, 2.24) is 5.32 Å². The topological polar surface area (TPSA) is 64.3 Å². The summed E-state index contributed by atoms with van der Waals surface area (Å²) in [7, 11) is 1.65. The maximum atomic E-state index is 12.8. The molecule has 1 heterocycles. The molecule has 0 saturated heterocycles. The van der Waals surface area contributed by atoms with Gasteiger partial charge in [-0.15, -0.1) is 11.3 Å². The molecule has 146 valence electrons. The van der Waals surface area contributed by atoms with E-state index in [2.05, 4.69) is 12.2 Å². The standard InChI is InChI=1S/C22H30N2O2S/c1-3-5-15-6-4-7-17(11-8-15)24-22(25)19-14-20(27-21(19)23)16-9-12-18(26-2)13-10-16/h9-10,12-15,17H,3-8,11,23H2,1-2H3,(H,24,25)/t15?,17-/m0/s1. The number of carbonyl (C=O) groups is 1. The molecule has 2 atom stereocenters. The number of nitrogen functional groups attached to an aromatic ring is 1.